The first-order chi connectivity index (χ1) is 11.8. The highest BCUT2D eigenvalue weighted by atomic mass is 35.5. The largest absolute Gasteiger partial charge is 0.372 e. The summed E-state index contributed by atoms with van der Waals surface area (Å²) in [7, 11) is -4.95. The van der Waals surface area contributed by atoms with Crippen molar-refractivity contribution < 1.29 is 12.3 Å². The van der Waals surface area contributed by atoms with E-state index in [9.17, 15) is 12.3 Å². The zero-order valence-corrected chi connectivity index (χ0v) is 15.9. The van der Waals surface area contributed by atoms with Crippen LogP contribution in [0.5, 0.6) is 0 Å². The first kappa shape index (κ1) is 19.6. The third-order valence-corrected chi connectivity index (χ3v) is 5.11. The van der Waals surface area contributed by atoms with Gasteiger partial charge in [0.05, 0.1) is 15.7 Å². The van der Waals surface area contributed by atoms with E-state index in [0.717, 1.165) is 30.9 Å². The standard InChI is InChI=1S/C16H16Cl2FN3O2S/c1-3-22(4-2)12-7-5-11(6-8-12)20-21-15-9-14(18)16(10-13(15)17)25(19,23)24/h5-10H,3-4H2,1-2H3. The van der Waals surface area contributed by atoms with Crippen LogP contribution in [-0.2, 0) is 10.2 Å². The normalized spacial score (nSPS) is 11.9. The van der Waals surface area contributed by atoms with E-state index >= 15 is 0 Å². The van der Waals surface area contributed by atoms with Gasteiger partial charge in [-0.1, -0.05) is 23.2 Å². The molecule has 0 unspecified atom stereocenters. The lowest BCUT2D eigenvalue weighted by atomic mass is 10.2. The summed E-state index contributed by atoms with van der Waals surface area (Å²) in [4.78, 5) is 1.50. The van der Waals surface area contributed by atoms with E-state index in [0.29, 0.717) is 5.69 Å². The molecule has 2 rings (SSSR count). The third kappa shape index (κ3) is 4.90. The molecule has 0 saturated carbocycles. The SMILES string of the molecule is CCN(CC)c1ccc(N=Nc2cc(Cl)c(S(=O)(=O)F)cc2Cl)cc1. The summed E-state index contributed by atoms with van der Waals surface area (Å²) in [6.45, 7) is 5.94. The Kier molecular flexibility index (Phi) is 6.37. The van der Waals surface area contributed by atoms with Gasteiger partial charge in [-0.3, -0.25) is 0 Å². The molecular formula is C16H16Cl2FN3O2S. The Bertz CT molecular complexity index is 883. The van der Waals surface area contributed by atoms with Gasteiger partial charge in [-0.25, -0.2) is 0 Å². The van der Waals surface area contributed by atoms with Crippen LogP contribution in [0.25, 0.3) is 0 Å². The minimum Gasteiger partial charge on any atom is -0.372 e. The summed E-state index contributed by atoms with van der Waals surface area (Å²) in [5, 5.41) is 7.62. The predicted octanol–water partition coefficient (Wildman–Crippen LogP) is 5.91. The molecule has 0 aromatic heterocycles. The molecule has 134 valence electrons. The lowest BCUT2D eigenvalue weighted by Crippen LogP contribution is -2.21. The zero-order chi connectivity index (χ0) is 18.6. The molecule has 0 radical (unpaired) electrons. The van der Waals surface area contributed by atoms with Crippen molar-refractivity contribution >= 4 is 50.5 Å². The molecule has 0 spiro atoms. The summed E-state index contributed by atoms with van der Waals surface area (Å²) in [5.74, 6) is 0. The smallest absolute Gasteiger partial charge is 0.333 e. The molecule has 5 nitrogen and oxygen atoms in total. The molecule has 0 aliphatic carbocycles. The molecule has 25 heavy (non-hydrogen) atoms. The average molecular weight is 404 g/mol. The van der Waals surface area contributed by atoms with Crippen molar-refractivity contribution in [3.63, 3.8) is 0 Å². The van der Waals surface area contributed by atoms with E-state index in [1.165, 1.54) is 0 Å². The number of halogens is 3. The van der Waals surface area contributed by atoms with Gasteiger partial charge in [-0.15, -0.1) is 9.00 Å². The molecule has 0 N–H and O–H groups in total. The molecule has 0 heterocycles. The van der Waals surface area contributed by atoms with E-state index < -0.39 is 15.1 Å². The molecule has 2 aromatic rings. The number of azo groups is 1. The van der Waals surface area contributed by atoms with Crippen molar-refractivity contribution in [1.29, 1.82) is 0 Å². The predicted molar refractivity (Wildman–Crippen MR) is 98.9 cm³/mol. The molecule has 0 amide bonds. The van der Waals surface area contributed by atoms with E-state index in [2.05, 4.69) is 29.0 Å². The maximum Gasteiger partial charge on any atom is 0.333 e. The van der Waals surface area contributed by atoms with Gasteiger partial charge in [0.1, 0.15) is 10.6 Å². The topological polar surface area (TPSA) is 62.1 Å². The van der Waals surface area contributed by atoms with Crippen LogP contribution in [-0.4, -0.2) is 21.5 Å². The maximum atomic E-state index is 13.1. The van der Waals surface area contributed by atoms with Crippen LogP contribution < -0.4 is 4.90 Å². The zero-order valence-electron chi connectivity index (χ0n) is 13.6. The monoisotopic (exact) mass is 403 g/mol. The van der Waals surface area contributed by atoms with Crippen LogP contribution >= 0.6 is 23.2 Å². The Morgan fingerprint density at radius 3 is 2.12 bits per heavy atom. The number of benzene rings is 2. The second kappa shape index (κ2) is 8.12. The summed E-state index contributed by atoms with van der Waals surface area (Å²) in [5.41, 5.74) is 1.81. The summed E-state index contributed by atoms with van der Waals surface area (Å²) in [6.07, 6.45) is 0. The van der Waals surface area contributed by atoms with E-state index in [-0.39, 0.29) is 15.7 Å². The van der Waals surface area contributed by atoms with E-state index in [1.807, 2.05) is 12.1 Å². The van der Waals surface area contributed by atoms with Crippen LogP contribution in [0.1, 0.15) is 13.8 Å². The molecule has 0 aliphatic rings. The van der Waals surface area contributed by atoms with Crippen molar-refractivity contribution in [1.82, 2.24) is 0 Å². The van der Waals surface area contributed by atoms with Crippen molar-refractivity contribution in [3.05, 3.63) is 46.4 Å². The van der Waals surface area contributed by atoms with Gasteiger partial charge in [-0.05, 0) is 50.2 Å². The van der Waals surface area contributed by atoms with Gasteiger partial charge < -0.3 is 4.90 Å². The summed E-state index contributed by atoms with van der Waals surface area (Å²) < 4.78 is 35.0. The van der Waals surface area contributed by atoms with E-state index in [4.69, 9.17) is 23.2 Å². The summed E-state index contributed by atoms with van der Waals surface area (Å²) in [6, 6.07) is 9.52. The van der Waals surface area contributed by atoms with Gasteiger partial charge in [0.2, 0.25) is 0 Å². The highest BCUT2D eigenvalue weighted by Crippen LogP contribution is 2.35. The number of hydrogen-bond donors (Lipinski definition) is 0. The Morgan fingerprint density at radius 2 is 1.60 bits per heavy atom. The first-order valence-corrected chi connectivity index (χ1v) is 9.60. The Labute approximate surface area is 156 Å². The average Bonchev–Trinajstić information content (AvgIpc) is 2.56. The Morgan fingerprint density at radius 1 is 1.00 bits per heavy atom. The second-order valence-electron chi connectivity index (χ2n) is 5.06. The van der Waals surface area contributed by atoms with Crippen molar-refractivity contribution in [2.24, 2.45) is 10.2 Å². The van der Waals surface area contributed by atoms with Crippen molar-refractivity contribution in [2.75, 3.05) is 18.0 Å². The maximum absolute atomic E-state index is 13.1. The number of anilines is 1. The number of rotatable bonds is 6. The van der Waals surface area contributed by atoms with E-state index in [1.54, 1.807) is 12.1 Å². The summed E-state index contributed by atoms with van der Waals surface area (Å²) >= 11 is 11.7. The molecule has 0 fully saturated rings. The van der Waals surface area contributed by atoms with Crippen molar-refractivity contribution in [3.8, 4) is 0 Å². The van der Waals surface area contributed by atoms with Crippen LogP contribution in [0, 0.1) is 0 Å². The Hall–Kier alpha value is -1.70. The lowest BCUT2D eigenvalue weighted by molar-refractivity contribution is 0.552. The van der Waals surface area contributed by atoms with Crippen LogP contribution in [0.15, 0.2) is 51.5 Å². The molecule has 2 aromatic carbocycles. The molecule has 0 bridgehead atoms. The van der Waals surface area contributed by atoms with Crippen molar-refractivity contribution in [2.45, 2.75) is 18.7 Å². The molecule has 9 heteroatoms. The van der Waals surface area contributed by atoms with Gasteiger partial charge in [-0.2, -0.15) is 13.5 Å². The van der Waals surface area contributed by atoms with Gasteiger partial charge in [0, 0.05) is 18.8 Å². The Balaban J connectivity index is 2.26. The third-order valence-electron chi connectivity index (χ3n) is 3.52. The van der Waals surface area contributed by atoms with Crippen LogP contribution in [0.2, 0.25) is 10.0 Å². The lowest BCUT2D eigenvalue weighted by Gasteiger charge is -2.20. The highest BCUT2D eigenvalue weighted by molar-refractivity contribution is 7.86. The fourth-order valence-electron chi connectivity index (χ4n) is 2.21. The van der Waals surface area contributed by atoms with Gasteiger partial charge in [0.15, 0.2) is 0 Å². The molecule has 0 saturated heterocycles. The highest BCUT2D eigenvalue weighted by Gasteiger charge is 2.19. The molecule has 0 aliphatic heterocycles. The molecule has 0 atom stereocenters. The number of hydrogen-bond acceptors (Lipinski definition) is 5. The van der Waals surface area contributed by atoms with Crippen LogP contribution in [0.4, 0.5) is 20.9 Å². The van der Waals surface area contributed by atoms with Gasteiger partial charge in [0.25, 0.3) is 0 Å². The fourth-order valence-corrected chi connectivity index (χ4v) is 3.46. The van der Waals surface area contributed by atoms with Crippen LogP contribution in [0.3, 0.4) is 0 Å². The minimum atomic E-state index is -4.95. The first-order valence-electron chi connectivity index (χ1n) is 7.46. The fraction of sp³-hybridized carbons (Fsp3) is 0.250. The molecular weight excluding hydrogens is 388 g/mol. The number of nitrogens with zero attached hydrogens (tertiary/aromatic N) is 3. The quantitative estimate of drug-likeness (QED) is 0.444. The second-order valence-corrected chi connectivity index (χ2v) is 7.19. The minimum absolute atomic E-state index is 0.0656. The van der Waals surface area contributed by atoms with Gasteiger partial charge >= 0.3 is 10.2 Å².